The van der Waals surface area contributed by atoms with Gasteiger partial charge in [0.15, 0.2) is 0 Å². The summed E-state index contributed by atoms with van der Waals surface area (Å²) in [6.07, 6.45) is 0. The number of hydrogen-bond donors (Lipinski definition) is 0. The SMILES string of the molecule is CC1(C)COP(SP2OCC(C)(C)CO2)OC1. The fourth-order valence-electron chi connectivity index (χ4n) is 1.22. The van der Waals surface area contributed by atoms with Crippen LogP contribution >= 0.6 is 26.2 Å². The Labute approximate surface area is 109 Å². The molecule has 4 nitrogen and oxygen atoms in total. The second-order valence-electron chi connectivity index (χ2n) is 5.95. The van der Waals surface area contributed by atoms with Gasteiger partial charge in [0.25, 0.3) is 0 Å². The second kappa shape index (κ2) is 5.58. The van der Waals surface area contributed by atoms with Crippen LogP contribution in [0.5, 0.6) is 0 Å². The molecule has 0 aromatic heterocycles. The van der Waals surface area contributed by atoms with E-state index in [9.17, 15) is 0 Å². The molecule has 0 spiro atoms. The van der Waals surface area contributed by atoms with Gasteiger partial charge in [-0.25, -0.2) is 0 Å². The van der Waals surface area contributed by atoms with Crippen LogP contribution < -0.4 is 0 Å². The van der Waals surface area contributed by atoms with Crippen molar-refractivity contribution in [1.82, 2.24) is 0 Å². The molecule has 0 N–H and O–H groups in total. The molecule has 0 aliphatic carbocycles. The van der Waals surface area contributed by atoms with E-state index < -0.39 is 15.2 Å². The van der Waals surface area contributed by atoms with E-state index in [1.54, 1.807) is 11.0 Å². The summed E-state index contributed by atoms with van der Waals surface area (Å²) >= 11 is 1.58. The molecule has 0 aromatic rings. The van der Waals surface area contributed by atoms with E-state index in [-0.39, 0.29) is 10.8 Å². The van der Waals surface area contributed by atoms with Crippen LogP contribution in [0.4, 0.5) is 0 Å². The lowest BCUT2D eigenvalue weighted by Crippen LogP contribution is -2.28. The van der Waals surface area contributed by atoms with Crippen molar-refractivity contribution in [3.8, 4) is 0 Å². The largest absolute Gasteiger partial charge is 0.325 e. The van der Waals surface area contributed by atoms with Gasteiger partial charge in [0, 0.05) is 21.8 Å². The molecule has 2 heterocycles. The Balaban J connectivity index is 1.72. The highest BCUT2D eigenvalue weighted by Gasteiger charge is 2.36. The molecule has 2 aliphatic rings. The van der Waals surface area contributed by atoms with Crippen molar-refractivity contribution in [2.45, 2.75) is 27.7 Å². The molecular formula is C10H20O4P2S. The summed E-state index contributed by atoms with van der Waals surface area (Å²) in [6, 6.07) is 0. The molecule has 2 rings (SSSR count). The lowest BCUT2D eigenvalue weighted by molar-refractivity contribution is 0.0660. The van der Waals surface area contributed by atoms with Gasteiger partial charge >= 0.3 is 0 Å². The van der Waals surface area contributed by atoms with E-state index in [0.717, 1.165) is 26.4 Å². The third-order valence-corrected chi connectivity index (χ3v) is 8.47. The Hall–Kier alpha value is 1.05. The lowest BCUT2D eigenvalue weighted by Gasteiger charge is -2.36. The molecule has 2 saturated heterocycles. The van der Waals surface area contributed by atoms with Gasteiger partial charge in [0.1, 0.15) is 0 Å². The number of rotatable bonds is 2. The topological polar surface area (TPSA) is 36.9 Å². The third-order valence-electron chi connectivity index (χ3n) is 2.38. The fraction of sp³-hybridized carbons (Fsp3) is 1.00. The Morgan fingerprint density at radius 3 is 1.29 bits per heavy atom. The van der Waals surface area contributed by atoms with Gasteiger partial charge in [-0.2, -0.15) is 0 Å². The molecular weight excluding hydrogens is 278 g/mol. The summed E-state index contributed by atoms with van der Waals surface area (Å²) in [7, 11) is -1.78. The van der Waals surface area contributed by atoms with Crippen molar-refractivity contribution in [2.75, 3.05) is 26.4 Å². The summed E-state index contributed by atoms with van der Waals surface area (Å²) in [4.78, 5) is 0. The first kappa shape index (κ1) is 14.5. The molecule has 0 atom stereocenters. The molecule has 0 radical (unpaired) electrons. The van der Waals surface area contributed by atoms with E-state index in [4.69, 9.17) is 18.1 Å². The molecule has 2 aliphatic heterocycles. The number of hydrogen-bond acceptors (Lipinski definition) is 5. The zero-order chi connectivity index (χ0) is 12.5. The van der Waals surface area contributed by atoms with Crippen LogP contribution in [0.1, 0.15) is 27.7 Å². The minimum Gasteiger partial charge on any atom is -0.325 e. The lowest BCUT2D eigenvalue weighted by atomic mass is 9.97. The van der Waals surface area contributed by atoms with Gasteiger partial charge in [0.05, 0.1) is 26.4 Å². The Morgan fingerprint density at radius 1 is 0.706 bits per heavy atom. The summed E-state index contributed by atoms with van der Waals surface area (Å²) in [6.45, 7) is 11.6. The molecule has 0 saturated carbocycles. The summed E-state index contributed by atoms with van der Waals surface area (Å²) < 4.78 is 22.8. The van der Waals surface area contributed by atoms with E-state index in [0.29, 0.717) is 0 Å². The maximum atomic E-state index is 5.71. The average molecular weight is 298 g/mol. The van der Waals surface area contributed by atoms with Crippen molar-refractivity contribution in [3.05, 3.63) is 0 Å². The maximum Gasteiger partial charge on any atom is 0.247 e. The van der Waals surface area contributed by atoms with Crippen molar-refractivity contribution in [3.63, 3.8) is 0 Å². The molecule has 100 valence electrons. The average Bonchev–Trinajstić information content (AvgIpc) is 2.24. The predicted octanol–water partition coefficient (Wildman–Crippen LogP) is 4.32. The molecule has 0 bridgehead atoms. The molecule has 0 amide bonds. The molecule has 7 heteroatoms. The molecule has 17 heavy (non-hydrogen) atoms. The quantitative estimate of drug-likeness (QED) is 0.710. The van der Waals surface area contributed by atoms with Gasteiger partial charge in [-0.1, -0.05) is 27.7 Å². The summed E-state index contributed by atoms with van der Waals surface area (Å²) in [5.41, 5.74) is 0.256. The molecule has 2 fully saturated rings. The minimum absolute atomic E-state index is 0.128. The molecule has 0 unspecified atom stereocenters. The highest BCUT2D eigenvalue weighted by atomic mass is 33.1. The fourth-order valence-corrected chi connectivity index (χ4v) is 7.68. The van der Waals surface area contributed by atoms with Crippen LogP contribution in [0, 0.1) is 10.8 Å². The van der Waals surface area contributed by atoms with Crippen LogP contribution in [-0.2, 0) is 18.1 Å². The van der Waals surface area contributed by atoms with E-state index in [2.05, 4.69) is 27.7 Å². The van der Waals surface area contributed by atoms with Crippen LogP contribution in [0.15, 0.2) is 0 Å². The van der Waals surface area contributed by atoms with Crippen molar-refractivity contribution in [2.24, 2.45) is 10.8 Å². The van der Waals surface area contributed by atoms with Crippen molar-refractivity contribution in [1.29, 1.82) is 0 Å². The predicted molar refractivity (Wildman–Crippen MR) is 72.8 cm³/mol. The Kier molecular flexibility index (Phi) is 4.75. The molecule has 0 aromatic carbocycles. The second-order valence-corrected chi connectivity index (χ2v) is 11.8. The minimum atomic E-state index is -0.888. The van der Waals surface area contributed by atoms with Crippen LogP contribution in [-0.4, -0.2) is 26.4 Å². The Bertz CT molecular complexity index is 229. The standard InChI is InChI=1S/C10H20O4P2S/c1-9(2)5-11-15(12-6-9)17-16-13-7-10(3,4)8-14-16/h5-8H2,1-4H3. The highest BCUT2D eigenvalue weighted by Crippen LogP contribution is 2.72. The maximum absolute atomic E-state index is 5.71. The summed E-state index contributed by atoms with van der Waals surface area (Å²) in [5, 5.41) is 0. The van der Waals surface area contributed by atoms with Crippen LogP contribution in [0.25, 0.3) is 0 Å². The Morgan fingerprint density at radius 2 is 1.00 bits per heavy atom. The normalized spacial score (nSPS) is 30.4. The van der Waals surface area contributed by atoms with Gasteiger partial charge in [0.2, 0.25) is 15.2 Å². The van der Waals surface area contributed by atoms with Crippen molar-refractivity contribution >= 4 is 26.2 Å². The van der Waals surface area contributed by atoms with Gasteiger partial charge in [-0.15, -0.1) is 0 Å². The van der Waals surface area contributed by atoms with Gasteiger partial charge in [-0.05, 0) is 0 Å². The third kappa shape index (κ3) is 4.58. The highest BCUT2D eigenvalue weighted by molar-refractivity contribution is 8.82. The van der Waals surface area contributed by atoms with Crippen LogP contribution in [0.2, 0.25) is 0 Å². The van der Waals surface area contributed by atoms with Gasteiger partial charge < -0.3 is 18.1 Å². The first-order valence-corrected chi connectivity index (χ1v) is 10.0. The first-order chi connectivity index (χ1) is 7.86. The van der Waals surface area contributed by atoms with Gasteiger partial charge in [-0.3, -0.25) is 0 Å². The van der Waals surface area contributed by atoms with E-state index in [1.807, 2.05) is 0 Å². The van der Waals surface area contributed by atoms with Crippen molar-refractivity contribution < 1.29 is 18.1 Å². The van der Waals surface area contributed by atoms with E-state index >= 15 is 0 Å². The first-order valence-electron chi connectivity index (χ1n) is 5.66. The monoisotopic (exact) mass is 298 g/mol. The zero-order valence-electron chi connectivity index (χ0n) is 10.8. The zero-order valence-corrected chi connectivity index (χ0v) is 13.4. The van der Waals surface area contributed by atoms with E-state index in [1.165, 1.54) is 0 Å². The summed E-state index contributed by atoms with van der Waals surface area (Å²) in [5.74, 6) is 0. The smallest absolute Gasteiger partial charge is 0.247 e. The van der Waals surface area contributed by atoms with Crippen LogP contribution in [0.3, 0.4) is 0 Å².